The van der Waals surface area contributed by atoms with Crippen LogP contribution in [-0.2, 0) is 0 Å². The molecule has 0 unspecified atom stereocenters. The molecular formula is C22H35N3O2. The third kappa shape index (κ3) is 5.79. The lowest BCUT2D eigenvalue weighted by atomic mass is 9.96. The maximum atomic E-state index is 9.83. The zero-order chi connectivity index (χ0) is 19.1. The van der Waals surface area contributed by atoms with Gasteiger partial charge in [-0.15, -0.1) is 0 Å². The van der Waals surface area contributed by atoms with Crippen molar-refractivity contribution in [3.05, 3.63) is 35.9 Å². The van der Waals surface area contributed by atoms with Crippen molar-refractivity contribution < 1.29 is 9.84 Å². The summed E-state index contributed by atoms with van der Waals surface area (Å²) in [5, 5.41) is 9.83. The third-order valence-electron chi connectivity index (χ3n) is 6.08. The summed E-state index contributed by atoms with van der Waals surface area (Å²) in [7, 11) is 1.69. The first kappa shape index (κ1) is 20.3. The Kier molecular flexibility index (Phi) is 7.70. The van der Waals surface area contributed by atoms with Crippen molar-refractivity contribution in [1.29, 1.82) is 0 Å². The molecule has 0 spiro atoms. The molecule has 0 bridgehead atoms. The summed E-state index contributed by atoms with van der Waals surface area (Å²) in [6.07, 6.45) is 4.41. The first-order valence-electron chi connectivity index (χ1n) is 10.3. The molecule has 150 valence electrons. The molecule has 2 fully saturated rings. The number of hydrogen-bond donors (Lipinski definition) is 1. The number of likely N-dealkylation sites (tertiary alicyclic amines) is 1. The van der Waals surface area contributed by atoms with Crippen LogP contribution in [0.15, 0.2) is 30.3 Å². The van der Waals surface area contributed by atoms with E-state index in [-0.39, 0.29) is 0 Å². The molecule has 0 aliphatic carbocycles. The molecular weight excluding hydrogens is 338 g/mol. The van der Waals surface area contributed by atoms with E-state index in [4.69, 9.17) is 4.74 Å². The predicted octanol–water partition coefficient (Wildman–Crippen LogP) is 1.89. The number of hydrogen-bond acceptors (Lipinski definition) is 5. The van der Waals surface area contributed by atoms with Crippen molar-refractivity contribution in [2.45, 2.75) is 6.92 Å². The number of aliphatic hydroxyl groups excluding tert-OH is 1. The van der Waals surface area contributed by atoms with E-state index in [9.17, 15) is 5.11 Å². The van der Waals surface area contributed by atoms with Crippen molar-refractivity contribution in [1.82, 2.24) is 14.7 Å². The lowest BCUT2D eigenvalue weighted by Crippen LogP contribution is -2.48. The highest BCUT2D eigenvalue weighted by atomic mass is 16.5. The Labute approximate surface area is 164 Å². The van der Waals surface area contributed by atoms with Crippen LogP contribution in [-0.4, -0.2) is 92.4 Å². The van der Waals surface area contributed by atoms with E-state index < -0.39 is 0 Å². The van der Waals surface area contributed by atoms with E-state index in [1.54, 1.807) is 7.11 Å². The van der Waals surface area contributed by atoms with Crippen LogP contribution in [0.4, 0.5) is 0 Å². The Bertz CT molecular complexity index is 582. The van der Waals surface area contributed by atoms with E-state index in [2.05, 4.69) is 45.9 Å². The normalized spacial score (nSPS) is 25.4. The highest BCUT2D eigenvalue weighted by Gasteiger charge is 2.33. The number of rotatable bonds is 8. The number of likely N-dealkylation sites (N-methyl/N-ethyl adjacent to an activating group) is 1. The van der Waals surface area contributed by atoms with Crippen LogP contribution >= 0.6 is 0 Å². The SMILES string of the molecule is CCN1CCN(C[C@@H]2CN(C/C=C/c3ccc(OC)cc3)C[C@@H]2CO)CC1. The molecule has 5 heteroatoms. The monoisotopic (exact) mass is 373 g/mol. The van der Waals surface area contributed by atoms with Crippen molar-refractivity contribution in [3.8, 4) is 5.75 Å². The highest BCUT2D eigenvalue weighted by Crippen LogP contribution is 2.24. The maximum Gasteiger partial charge on any atom is 0.118 e. The van der Waals surface area contributed by atoms with Gasteiger partial charge < -0.3 is 19.6 Å². The van der Waals surface area contributed by atoms with Crippen molar-refractivity contribution >= 4 is 6.08 Å². The predicted molar refractivity (Wildman–Crippen MR) is 111 cm³/mol. The van der Waals surface area contributed by atoms with Gasteiger partial charge in [0.25, 0.3) is 0 Å². The van der Waals surface area contributed by atoms with E-state index >= 15 is 0 Å². The van der Waals surface area contributed by atoms with Gasteiger partial charge in [0.2, 0.25) is 0 Å². The minimum atomic E-state index is 0.304. The first-order chi connectivity index (χ1) is 13.2. The fourth-order valence-corrected chi connectivity index (χ4v) is 4.27. The molecule has 2 atom stereocenters. The average Bonchev–Trinajstić information content (AvgIpc) is 3.10. The number of methoxy groups -OCH3 is 1. The van der Waals surface area contributed by atoms with Gasteiger partial charge >= 0.3 is 0 Å². The molecule has 2 saturated heterocycles. The first-order valence-corrected chi connectivity index (χ1v) is 10.3. The zero-order valence-electron chi connectivity index (χ0n) is 16.9. The summed E-state index contributed by atoms with van der Waals surface area (Å²) < 4.78 is 5.20. The van der Waals surface area contributed by atoms with Gasteiger partial charge in [-0.05, 0) is 36.1 Å². The molecule has 0 amide bonds. The van der Waals surface area contributed by atoms with Crippen LogP contribution < -0.4 is 4.74 Å². The van der Waals surface area contributed by atoms with Crippen LogP contribution in [0.1, 0.15) is 12.5 Å². The van der Waals surface area contributed by atoms with Gasteiger partial charge in [0.15, 0.2) is 0 Å². The van der Waals surface area contributed by atoms with Crippen LogP contribution in [0, 0.1) is 11.8 Å². The minimum Gasteiger partial charge on any atom is -0.497 e. The summed E-state index contributed by atoms with van der Waals surface area (Å²) in [5.74, 6) is 1.88. The molecule has 0 saturated carbocycles. The number of aliphatic hydroxyl groups is 1. The second-order valence-electron chi connectivity index (χ2n) is 7.83. The standard InChI is InChI=1S/C22H35N3O2/c1-3-23-11-13-24(14-12-23)15-20-16-25(17-21(20)18-26)10-4-5-19-6-8-22(27-2)9-7-19/h4-9,20-21,26H,3,10-18H2,1-2H3/b5-4+/t20-,21-/m1/s1. The van der Waals surface area contributed by atoms with E-state index in [0.717, 1.165) is 38.5 Å². The molecule has 1 N–H and O–H groups in total. The molecule has 0 radical (unpaired) electrons. The van der Waals surface area contributed by atoms with Crippen LogP contribution in [0.5, 0.6) is 5.75 Å². The summed E-state index contributed by atoms with van der Waals surface area (Å²) >= 11 is 0. The topological polar surface area (TPSA) is 39.2 Å². The molecule has 2 aliphatic rings. The summed E-state index contributed by atoms with van der Waals surface area (Å²) in [5.41, 5.74) is 1.19. The molecule has 1 aromatic rings. The molecule has 27 heavy (non-hydrogen) atoms. The smallest absolute Gasteiger partial charge is 0.118 e. The van der Waals surface area contributed by atoms with Crippen LogP contribution in [0.3, 0.4) is 0 Å². The Morgan fingerprint density at radius 3 is 2.30 bits per heavy atom. The number of piperazine rings is 1. The molecule has 5 nitrogen and oxygen atoms in total. The maximum absolute atomic E-state index is 9.83. The number of benzene rings is 1. The number of nitrogens with zero attached hydrogens (tertiary/aromatic N) is 3. The fourth-order valence-electron chi connectivity index (χ4n) is 4.27. The molecule has 1 aromatic carbocycles. The Morgan fingerprint density at radius 2 is 1.67 bits per heavy atom. The van der Waals surface area contributed by atoms with Gasteiger partial charge in [0.05, 0.1) is 7.11 Å². The highest BCUT2D eigenvalue weighted by molar-refractivity contribution is 5.50. The van der Waals surface area contributed by atoms with Crippen molar-refractivity contribution in [3.63, 3.8) is 0 Å². The zero-order valence-corrected chi connectivity index (χ0v) is 16.9. The van der Waals surface area contributed by atoms with Gasteiger partial charge in [-0.1, -0.05) is 31.2 Å². The summed E-state index contributed by atoms with van der Waals surface area (Å²) in [4.78, 5) is 7.59. The van der Waals surface area contributed by atoms with Gasteiger partial charge in [0, 0.05) is 59.0 Å². The second kappa shape index (κ2) is 10.2. The second-order valence-corrected chi connectivity index (χ2v) is 7.83. The van der Waals surface area contributed by atoms with Crippen LogP contribution in [0.2, 0.25) is 0 Å². The fraction of sp³-hybridized carbons (Fsp3) is 0.636. The van der Waals surface area contributed by atoms with Gasteiger partial charge in [0.1, 0.15) is 5.75 Å². The van der Waals surface area contributed by atoms with Crippen LogP contribution in [0.25, 0.3) is 6.08 Å². The van der Waals surface area contributed by atoms with Gasteiger partial charge in [-0.2, -0.15) is 0 Å². The number of ether oxygens (including phenoxy) is 1. The van der Waals surface area contributed by atoms with E-state index in [1.165, 1.54) is 31.7 Å². The van der Waals surface area contributed by atoms with Crippen molar-refractivity contribution in [2.75, 3.05) is 72.6 Å². The lowest BCUT2D eigenvalue weighted by Gasteiger charge is -2.36. The lowest BCUT2D eigenvalue weighted by molar-refractivity contribution is 0.106. The Morgan fingerprint density at radius 1 is 1.00 bits per heavy atom. The van der Waals surface area contributed by atoms with Gasteiger partial charge in [-0.25, -0.2) is 0 Å². The summed E-state index contributed by atoms with van der Waals surface area (Å²) in [6.45, 7) is 12.6. The molecule has 3 rings (SSSR count). The minimum absolute atomic E-state index is 0.304. The molecule has 0 aromatic heterocycles. The molecule has 2 heterocycles. The van der Waals surface area contributed by atoms with E-state index in [1.807, 2.05) is 12.1 Å². The van der Waals surface area contributed by atoms with Crippen molar-refractivity contribution in [2.24, 2.45) is 11.8 Å². The average molecular weight is 374 g/mol. The third-order valence-corrected chi connectivity index (χ3v) is 6.08. The Balaban J connectivity index is 1.46. The summed E-state index contributed by atoms with van der Waals surface area (Å²) in [6, 6.07) is 8.14. The van der Waals surface area contributed by atoms with Gasteiger partial charge in [-0.3, -0.25) is 4.90 Å². The van der Waals surface area contributed by atoms with E-state index in [0.29, 0.717) is 18.4 Å². The quantitative estimate of drug-likeness (QED) is 0.753. The largest absolute Gasteiger partial charge is 0.497 e. The Hall–Kier alpha value is -1.40. The molecule has 2 aliphatic heterocycles.